The molecule has 4 nitrogen and oxygen atoms in total. The Morgan fingerprint density at radius 2 is 2.11 bits per heavy atom. The molecule has 1 heterocycles. The highest BCUT2D eigenvalue weighted by Gasteiger charge is 2.13. The van der Waals surface area contributed by atoms with Crippen LogP contribution in [0, 0.1) is 6.92 Å². The molecular formula is C13H11Cl2NO3. The van der Waals surface area contributed by atoms with E-state index in [2.05, 4.69) is 5.32 Å². The van der Waals surface area contributed by atoms with Crippen LogP contribution in [-0.2, 0) is 6.54 Å². The van der Waals surface area contributed by atoms with Crippen LogP contribution >= 0.6 is 23.2 Å². The van der Waals surface area contributed by atoms with E-state index in [1.165, 1.54) is 6.07 Å². The van der Waals surface area contributed by atoms with Crippen LogP contribution in [0.5, 0.6) is 0 Å². The molecule has 0 radical (unpaired) electrons. The molecule has 1 aromatic carbocycles. The van der Waals surface area contributed by atoms with Gasteiger partial charge in [0.25, 0.3) is 0 Å². The van der Waals surface area contributed by atoms with E-state index in [4.69, 9.17) is 32.7 Å². The summed E-state index contributed by atoms with van der Waals surface area (Å²) in [5.41, 5.74) is 1.44. The first-order valence-electron chi connectivity index (χ1n) is 5.49. The lowest BCUT2D eigenvalue weighted by atomic mass is 10.2. The number of anilines is 1. The third kappa shape index (κ3) is 3.22. The maximum absolute atomic E-state index is 10.8. The van der Waals surface area contributed by atoms with Gasteiger partial charge >= 0.3 is 5.97 Å². The maximum Gasteiger partial charge on any atom is 0.371 e. The molecule has 0 fully saturated rings. The highest BCUT2D eigenvalue weighted by Crippen LogP contribution is 2.26. The summed E-state index contributed by atoms with van der Waals surface area (Å²) in [5, 5.41) is 13.0. The molecule has 6 heteroatoms. The molecule has 2 rings (SSSR count). The Labute approximate surface area is 119 Å². The lowest BCUT2D eigenvalue weighted by molar-refractivity contribution is 0.0661. The van der Waals surface area contributed by atoms with Gasteiger partial charge in [0.15, 0.2) is 0 Å². The summed E-state index contributed by atoms with van der Waals surface area (Å²) in [4.78, 5) is 10.8. The van der Waals surface area contributed by atoms with E-state index in [1.807, 2.05) is 0 Å². The van der Waals surface area contributed by atoms with E-state index in [9.17, 15) is 4.79 Å². The van der Waals surface area contributed by atoms with E-state index < -0.39 is 5.97 Å². The van der Waals surface area contributed by atoms with E-state index in [1.54, 1.807) is 25.1 Å². The molecule has 2 N–H and O–H groups in total. The quantitative estimate of drug-likeness (QED) is 0.888. The normalized spacial score (nSPS) is 10.5. The molecule has 0 atom stereocenters. The Morgan fingerprint density at radius 3 is 2.74 bits per heavy atom. The summed E-state index contributed by atoms with van der Waals surface area (Å²) < 4.78 is 5.12. The molecule has 0 saturated carbocycles. The van der Waals surface area contributed by atoms with E-state index >= 15 is 0 Å². The smallest absolute Gasteiger partial charge is 0.371 e. The van der Waals surface area contributed by atoms with Crippen LogP contribution in [0.1, 0.15) is 21.9 Å². The Morgan fingerprint density at radius 1 is 1.37 bits per heavy atom. The summed E-state index contributed by atoms with van der Waals surface area (Å²) in [6.07, 6.45) is 0. The van der Waals surface area contributed by atoms with Gasteiger partial charge in [0.1, 0.15) is 5.76 Å². The number of halogens is 2. The molecule has 0 aliphatic carbocycles. The van der Waals surface area contributed by atoms with E-state index in [-0.39, 0.29) is 5.76 Å². The van der Waals surface area contributed by atoms with Crippen molar-refractivity contribution in [1.29, 1.82) is 0 Å². The van der Waals surface area contributed by atoms with Gasteiger partial charge in [0.2, 0.25) is 5.76 Å². The topological polar surface area (TPSA) is 62.5 Å². The van der Waals surface area contributed by atoms with Crippen molar-refractivity contribution in [2.45, 2.75) is 13.5 Å². The fraction of sp³-hybridized carbons (Fsp3) is 0.154. The van der Waals surface area contributed by atoms with Crippen LogP contribution in [0.4, 0.5) is 5.69 Å². The number of carboxylic acid groups (broad SMARTS) is 1. The summed E-state index contributed by atoms with van der Waals surface area (Å²) in [7, 11) is 0. The zero-order valence-electron chi connectivity index (χ0n) is 10.0. The first kappa shape index (κ1) is 13.8. The number of furan rings is 1. The maximum atomic E-state index is 10.8. The third-order valence-corrected chi connectivity index (χ3v) is 3.19. The van der Waals surface area contributed by atoms with Crippen molar-refractivity contribution >= 4 is 34.9 Å². The zero-order chi connectivity index (χ0) is 14.0. The molecular weight excluding hydrogens is 289 g/mol. The highest BCUT2D eigenvalue weighted by molar-refractivity contribution is 6.35. The van der Waals surface area contributed by atoms with Gasteiger partial charge in [0, 0.05) is 17.1 Å². The van der Waals surface area contributed by atoms with Gasteiger partial charge in [-0.15, -0.1) is 0 Å². The molecule has 2 aromatic rings. The van der Waals surface area contributed by atoms with Crippen LogP contribution in [0.25, 0.3) is 0 Å². The van der Waals surface area contributed by atoms with Gasteiger partial charge < -0.3 is 14.8 Å². The van der Waals surface area contributed by atoms with Crippen molar-refractivity contribution in [1.82, 2.24) is 0 Å². The van der Waals surface area contributed by atoms with Gasteiger partial charge in [-0.2, -0.15) is 0 Å². The average molecular weight is 300 g/mol. The number of carbonyl (C=O) groups is 1. The van der Waals surface area contributed by atoms with E-state index in [0.29, 0.717) is 28.0 Å². The summed E-state index contributed by atoms with van der Waals surface area (Å²) in [5.74, 6) is -0.607. The lowest BCUT2D eigenvalue weighted by Crippen LogP contribution is -2.00. The van der Waals surface area contributed by atoms with Gasteiger partial charge in [-0.25, -0.2) is 4.79 Å². The minimum absolute atomic E-state index is 0.0773. The molecule has 0 saturated heterocycles. The number of carboxylic acids is 1. The first-order chi connectivity index (χ1) is 8.97. The van der Waals surface area contributed by atoms with Crippen molar-refractivity contribution in [2.24, 2.45) is 0 Å². The van der Waals surface area contributed by atoms with Crippen molar-refractivity contribution in [3.63, 3.8) is 0 Å². The second kappa shape index (κ2) is 5.55. The van der Waals surface area contributed by atoms with Crippen molar-refractivity contribution in [2.75, 3.05) is 5.32 Å². The fourth-order valence-electron chi connectivity index (χ4n) is 1.62. The SMILES string of the molecule is Cc1oc(C(=O)O)cc1CNc1cc(Cl)ccc1Cl. The average Bonchev–Trinajstić information content (AvgIpc) is 2.72. The number of nitrogens with one attached hydrogen (secondary N) is 1. The molecule has 0 spiro atoms. The molecule has 0 unspecified atom stereocenters. The van der Waals surface area contributed by atoms with Crippen LogP contribution < -0.4 is 5.32 Å². The fourth-order valence-corrected chi connectivity index (χ4v) is 1.98. The zero-order valence-corrected chi connectivity index (χ0v) is 11.5. The van der Waals surface area contributed by atoms with Crippen molar-refractivity contribution in [3.8, 4) is 0 Å². The third-order valence-electron chi connectivity index (χ3n) is 2.63. The number of rotatable bonds is 4. The molecule has 0 aliphatic heterocycles. The van der Waals surface area contributed by atoms with Gasteiger partial charge in [-0.3, -0.25) is 0 Å². The molecule has 0 bridgehead atoms. The molecule has 19 heavy (non-hydrogen) atoms. The number of aryl methyl sites for hydroxylation is 1. The standard InChI is InChI=1S/C13H11Cl2NO3/c1-7-8(4-12(19-7)13(17)18)6-16-11-5-9(14)2-3-10(11)15/h2-5,16H,6H2,1H3,(H,17,18). The van der Waals surface area contributed by atoms with E-state index in [0.717, 1.165) is 5.56 Å². The first-order valence-corrected chi connectivity index (χ1v) is 6.24. The van der Waals surface area contributed by atoms with Gasteiger partial charge in [-0.05, 0) is 31.2 Å². The van der Waals surface area contributed by atoms with Crippen molar-refractivity contribution in [3.05, 3.63) is 51.4 Å². The lowest BCUT2D eigenvalue weighted by Gasteiger charge is -2.07. The van der Waals surface area contributed by atoms with Crippen LogP contribution in [0.15, 0.2) is 28.7 Å². The molecule has 1 aromatic heterocycles. The summed E-state index contributed by atoms with van der Waals surface area (Å²) in [6, 6.07) is 6.58. The minimum atomic E-state index is -1.09. The second-order valence-electron chi connectivity index (χ2n) is 3.97. The Balaban J connectivity index is 2.14. The van der Waals surface area contributed by atoms with Crippen molar-refractivity contribution < 1.29 is 14.3 Å². The van der Waals surface area contributed by atoms with Gasteiger partial charge in [-0.1, -0.05) is 23.2 Å². The minimum Gasteiger partial charge on any atom is -0.475 e. The van der Waals surface area contributed by atoms with Gasteiger partial charge in [0.05, 0.1) is 10.7 Å². The number of hydrogen-bond acceptors (Lipinski definition) is 3. The monoisotopic (exact) mass is 299 g/mol. The molecule has 0 amide bonds. The largest absolute Gasteiger partial charge is 0.475 e. The summed E-state index contributed by atoms with van der Waals surface area (Å²) in [6.45, 7) is 2.12. The second-order valence-corrected chi connectivity index (χ2v) is 4.82. The Hall–Kier alpha value is -1.65. The predicted molar refractivity (Wildman–Crippen MR) is 74.2 cm³/mol. The number of benzene rings is 1. The Kier molecular flexibility index (Phi) is 4.02. The molecule has 0 aliphatic rings. The number of aromatic carboxylic acids is 1. The number of hydrogen-bond donors (Lipinski definition) is 2. The Bertz CT molecular complexity index is 622. The van der Waals surface area contributed by atoms with Crippen LogP contribution in [0.2, 0.25) is 10.0 Å². The summed E-state index contributed by atoms with van der Waals surface area (Å²) >= 11 is 11.9. The molecule has 100 valence electrons. The van der Waals surface area contributed by atoms with Crippen LogP contribution in [-0.4, -0.2) is 11.1 Å². The highest BCUT2D eigenvalue weighted by atomic mass is 35.5. The predicted octanol–water partition coefficient (Wildman–Crippen LogP) is 4.21. The van der Waals surface area contributed by atoms with Crippen LogP contribution in [0.3, 0.4) is 0 Å².